The zero-order valence-corrected chi connectivity index (χ0v) is 21.5. The van der Waals surface area contributed by atoms with E-state index >= 15 is 0 Å². The van der Waals surface area contributed by atoms with Crippen LogP contribution in [0.25, 0.3) is 22.0 Å². The Hall–Kier alpha value is -4.24. The quantitative estimate of drug-likeness (QED) is 0.245. The van der Waals surface area contributed by atoms with Gasteiger partial charge in [0.1, 0.15) is 11.6 Å². The first-order valence-corrected chi connectivity index (χ1v) is 12.8. The molecule has 7 nitrogen and oxygen atoms in total. The molecule has 204 valence electrons. The number of carboxylic acid groups (broad SMARTS) is 2. The molecule has 5 rings (SSSR count). The number of piperazine rings is 1. The van der Waals surface area contributed by atoms with E-state index in [9.17, 15) is 8.78 Å². The monoisotopic (exact) mass is 535 g/mol. The Labute approximate surface area is 225 Å². The van der Waals surface area contributed by atoms with Crippen LogP contribution in [0.4, 0.5) is 14.5 Å². The number of hydrogen-bond acceptors (Lipinski definition) is 4. The van der Waals surface area contributed by atoms with Gasteiger partial charge in [-0.05, 0) is 67.4 Å². The number of aliphatic carboxylic acids is 2. The van der Waals surface area contributed by atoms with Gasteiger partial charge in [-0.1, -0.05) is 30.3 Å². The molecule has 4 aromatic rings. The van der Waals surface area contributed by atoms with E-state index in [1.165, 1.54) is 35.2 Å². The molecule has 9 heteroatoms. The van der Waals surface area contributed by atoms with E-state index in [0.29, 0.717) is 0 Å². The number of anilines is 1. The van der Waals surface area contributed by atoms with Crippen LogP contribution in [-0.2, 0) is 16.1 Å². The van der Waals surface area contributed by atoms with E-state index in [0.717, 1.165) is 68.9 Å². The maximum Gasteiger partial charge on any atom is 0.414 e. The van der Waals surface area contributed by atoms with E-state index in [2.05, 4.69) is 44.8 Å². The Bertz CT molecular complexity index is 1380. The number of hydrogen-bond donors (Lipinski definition) is 2. The van der Waals surface area contributed by atoms with Crippen LogP contribution in [0.5, 0.6) is 0 Å². The number of para-hydroxylation sites is 1. The number of carbonyl (C=O) groups is 2. The van der Waals surface area contributed by atoms with Crippen LogP contribution in [0, 0.1) is 11.6 Å². The maximum absolute atomic E-state index is 13.4. The predicted octanol–water partition coefficient (Wildman–Crippen LogP) is 5.34. The number of halogens is 2. The summed E-state index contributed by atoms with van der Waals surface area (Å²) in [4.78, 5) is 23.1. The van der Waals surface area contributed by atoms with Gasteiger partial charge in [-0.2, -0.15) is 0 Å². The molecule has 39 heavy (non-hydrogen) atoms. The molecule has 1 saturated heterocycles. The van der Waals surface area contributed by atoms with Crippen molar-refractivity contribution in [2.24, 2.45) is 0 Å². The van der Waals surface area contributed by atoms with Gasteiger partial charge in [0.2, 0.25) is 0 Å². The van der Waals surface area contributed by atoms with Gasteiger partial charge in [-0.15, -0.1) is 0 Å². The zero-order valence-electron chi connectivity index (χ0n) is 21.5. The highest BCUT2D eigenvalue weighted by Crippen LogP contribution is 2.31. The van der Waals surface area contributed by atoms with Crippen molar-refractivity contribution in [1.82, 2.24) is 9.47 Å². The third kappa shape index (κ3) is 7.42. The molecular weight excluding hydrogens is 504 g/mol. The normalized spacial score (nSPS) is 13.6. The molecule has 0 unspecified atom stereocenters. The van der Waals surface area contributed by atoms with Crippen molar-refractivity contribution < 1.29 is 28.6 Å². The lowest BCUT2D eigenvalue weighted by Gasteiger charge is -2.36. The topological polar surface area (TPSA) is 86.0 Å². The second-order valence-electron chi connectivity index (χ2n) is 9.38. The van der Waals surface area contributed by atoms with Crippen molar-refractivity contribution in [2.75, 3.05) is 37.6 Å². The van der Waals surface area contributed by atoms with E-state index in [4.69, 9.17) is 19.8 Å². The van der Waals surface area contributed by atoms with Crippen molar-refractivity contribution in [1.29, 1.82) is 0 Å². The summed E-state index contributed by atoms with van der Waals surface area (Å²) in [6, 6.07) is 22.0. The minimum absolute atomic E-state index is 0.183. The van der Waals surface area contributed by atoms with Gasteiger partial charge in [0.15, 0.2) is 0 Å². The summed E-state index contributed by atoms with van der Waals surface area (Å²) < 4.78 is 28.9. The van der Waals surface area contributed by atoms with E-state index in [1.807, 2.05) is 24.3 Å². The summed E-state index contributed by atoms with van der Waals surface area (Å²) in [6.45, 7) is 6.11. The van der Waals surface area contributed by atoms with Crippen molar-refractivity contribution >= 4 is 28.5 Å². The number of nitrogens with zero attached hydrogens (tertiary/aromatic N) is 3. The highest BCUT2D eigenvalue weighted by Gasteiger charge is 2.17. The summed E-state index contributed by atoms with van der Waals surface area (Å²) in [6.07, 6.45) is 4.47. The SMILES string of the molecule is Fc1ccc(-c2cn(CCCCN3CCN(c4ccc(F)cc4)CC3)c3ccccc23)cc1.O=C(O)C(=O)O. The van der Waals surface area contributed by atoms with E-state index < -0.39 is 11.9 Å². The third-order valence-corrected chi connectivity index (χ3v) is 6.81. The van der Waals surface area contributed by atoms with Gasteiger partial charge in [0, 0.05) is 61.1 Å². The van der Waals surface area contributed by atoms with Crippen molar-refractivity contribution in [2.45, 2.75) is 19.4 Å². The molecule has 0 amide bonds. The van der Waals surface area contributed by atoms with Crippen LogP contribution in [0.3, 0.4) is 0 Å². The number of fused-ring (bicyclic) bond motifs is 1. The van der Waals surface area contributed by atoms with Crippen LogP contribution in [-0.4, -0.2) is 64.3 Å². The largest absolute Gasteiger partial charge is 0.473 e. The average molecular weight is 536 g/mol. The van der Waals surface area contributed by atoms with E-state index in [1.54, 1.807) is 0 Å². The Morgan fingerprint density at radius 1 is 0.718 bits per heavy atom. The smallest absolute Gasteiger partial charge is 0.414 e. The van der Waals surface area contributed by atoms with Gasteiger partial charge in [-0.3, -0.25) is 4.90 Å². The molecule has 1 aliphatic rings. The fraction of sp³-hybridized carbons (Fsp3) is 0.267. The number of rotatable bonds is 7. The summed E-state index contributed by atoms with van der Waals surface area (Å²) in [7, 11) is 0. The molecular formula is C30H31F2N3O4. The summed E-state index contributed by atoms with van der Waals surface area (Å²) in [5.41, 5.74) is 4.53. The number of aryl methyl sites for hydroxylation is 1. The Balaban J connectivity index is 0.000000531. The van der Waals surface area contributed by atoms with Crippen LogP contribution < -0.4 is 4.90 Å². The molecule has 0 saturated carbocycles. The fourth-order valence-corrected chi connectivity index (χ4v) is 4.79. The second-order valence-corrected chi connectivity index (χ2v) is 9.38. The van der Waals surface area contributed by atoms with Crippen LogP contribution in [0.1, 0.15) is 12.8 Å². The molecule has 2 heterocycles. The summed E-state index contributed by atoms with van der Waals surface area (Å²) >= 11 is 0. The molecule has 0 aliphatic carbocycles. The second kappa shape index (κ2) is 13.0. The fourth-order valence-electron chi connectivity index (χ4n) is 4.79. The number of unbranched alkanes of at least 4 members (excludes halogenated alkanes) is 1. The van der Waals surface area contributed by atoms with Gasteiger partial charge >= 0.3 is 11.9 Å². The highest BCUT2D eigenvalue weighted by molar-refractivity contribution is 6.27. The first-order chi connectivity index (χ1) is 18.8. The minimum atomic E-state index is -1.82. The molecule has 0 bridgehead atoms. The Kier molecular flexibility index (Phi) is 9.27. The van der Waals surface area contributed by atoms with E-state index in [-0.39, 0.29) is 11.6 Å². The first-order valence-electron chi connectivity index (χ1n) is 12.8. The first kappa shape index (κ1) is 27.8. The van der Waals surface area contributed by atoms with Crippen LogP contribution in [0.2, 0.25) is 0 Å². The molecule has 3 aromatic carbocycles. The number of aromatic nitrogens is 1. The summed E-state index contributed by atoms with van der Waals surface area (Å²) in [5, 5.41) is 16.0. The lowest BCUT2D eigenvalue weighted by Crippen LogP contribution is -2.46. The average Bonchev–Trinajstić information content (AvgIpc) is 3.31. The molecule has 0 spiro atoms. The molecule has 1 aromatic heterocycles. The maximum atomic E-state index is 13.4. The van der Waals surface area contributed by atoms with Gasteiger partial charge in [-0.25, -0.2) is 18.4 Å². The lowest BCUT2D eigenvalue weighted by atomic mass is 10.1. The molecule has 2 N–H and O–H groups in total. The molecule has 0 atom stereocenters. The standard InChI is InChI=1S/C28H29F2N3.C2H2O4/c29-23-9-7-22(8-10-23)27-21-33(28-6-2-1-5-26(27)28)16-4-3-15-31-17-19-32(20-18-31)25-13-11-24(30)12-14-25;3-1(4)2(5)6/h1-2,5-14,21H,3-4,15-20H2;(H,3,4)(H,5,6). The van der Waals surface area contributed by atoms with Crippen LogP contribution >= 0.6 is 0 Å². The number of benzene rings is 3. The van der Waals surface area contributed by atoms with Gasteiger partial charge in [0.25, 0.3) is 0 Å². The highest BCUT2D eigenvalue weighted by atomic mass is 19.1. The van der Waals surface area contributed by atoms with Gasteiger partial charge < -0.3 is 19.7 Å². The Morgan fingerprint density at radius 2 is 1.28 bits per heavy atom. The predicted molar refractivity (Wildman–Crippen MR) is 147 cm³/mol. The molecule has 1 aliphatic heterocycles. The summed E-state index contributed by atoms with van der Waals surface area (Å²) in [5.74, 6) is -4.04. The number of carboxylic acids is 2. The lowest BCUT2D eigenvalue weighted by molar-refractivity contribution is -0.159. The molecule has 0 radical (unpaired) electrons. The van der Waals surface area contributed by atoms with Crippen LogP contribution in [0.15, 0.2) is 79.0 Å². The van der Waals surface area contributed by atoms with Crippen molar-refractivity contribution in [3.05, 3.63) is 90.6 Å². The van der Waals surface area contributed by atoms with Gasteiger partial charge in [0.05, 0.1) is 0 Å². The molecule has 1 fully saturated rings. The minimum Gasteiger partial charge on any atom is -0.473 e. The zero-order chi connectivity index (χ0) is 27.8. The van der Waals surface area contributed by atoms with Crippen molar-refractivity contribution in [3.8, 4) is 11.1 Å². The third-order valence-electron chi connectivity index (χ3n) is 6.81. The Morgan fingerprint density at radius 3 is 1.90 bits per heavy atom. The van der Waals surface area contributed by atoms with Crippen molar-refractivity contribution in [3.63, 3.8) is 0 Å².